The van der Waals surface area contributed by atoms with Crippen molar-refractivity contribution in [1.82, 2.24) is 0 Å². The van der Waals surface area contributed by atoms with Gasteiger partial charge >= 0.3 is 0 Å². The predicted molar refractivity (Wildman–Crippen MR) is 57.0 cm³/mol. The van der Waals surface area contributed by atoms with Gasteiger partial charge in [0.05, 0.1) is 13.2 Å². The van der Waals surface area contributed by atoms with Crippen molar-refractivity contribution in [2.45, 2.75) is 58.8 Å². The average Bonchev–Trinajstić information content (AvgIpc) is 2.19. The van der Waals surface area contributed by atoms with Crippen LogP contribution in [0.1, 0.15) is 52.9 Å². The van der Waals surface area contributed by atoms with E-state index in [1.165, 1.54) is 0 Å². The van der Waals surface area contributed by atoms with Gasteiger partial charge < -0.3 is 14.6 Å². The van der Waals surface area contributed by atoms with Gasteiger partial charge in [-0.2, -0.15) is 0 Å². The van der Waals surface area contributed by atoms with Crippen LogP contribution in [0.25, 0.3) is 0 Å². The van der Waals surface area contributed by atoms with Gasteiger partial charge in [0.15, 0.2) is 0 Å². The Balaban J connectivity index is 3.67. The Hall–Kier alpha value is -0.120. The van der Waals surface area contributed by atoms with Gasteiger partial charge in [-0.25, -0.2) is 0 Å². The minimum Gasteiger partial charge on any atom is -0.343 e. The average molecular weight is 204 g/mol. The molecule has 3 heteroatoms. The summed E-state index contributed by atoms with van der Waals surface area (Å²) in [6, 6.07) is 0. The molecule has 0 unspecified atom stereocenters. The molecule has 0 atom stereocenters. The molecule has 0 amide bonds. The van der Waals surface area contributed by atoms with Gasteiger partial charge in [0.2, 0.25) is 0 Å². The topological polar surface area (TPSA) is 38.7 Å². The van der Waals surface area contributed by atoms with E-state index in [4.69, 9.17) is 9.47 Å². The fourth-order valence-corrected chi connectivity index (χ4v) is 0.998. The van der Waals surface area contributed by atoms with E-state index in [9.17, 15) is 5.11 Å². The van der Waals surface area contributed by atoms with E-state index in [2.05, 4.69) is 13.8 Å². The molecular formula is C11H24O3. The van der Waals surface area contributed by atoms with Gasteiger partial charge in [-0.05, 0) is 12.8 Å². The normalized spacial score (nSPS) is 12.0. The minimum atomic E-state index is -1.36. The van der Waals surface area contributed by atoms with Crippen LogP contribution in [-0.4, -0.2) is 24.3 Å². The van der Waals surface area contributed by atoms with Gasteiger partial charge in [-0.3, -0.25) is 0 Å². The monoisotopic (exact) mass is 204 g/mol. The Labute approximate surface area is 87.4 Å². The molecule has 3 nitrogen and oxygen atoms in total. The van der Waals surface area contributed by atoms with E-state index in [1.807, 2.05) is 6.92 Å². The van der Waals surface area contributed by atoms with Crippen LogP contribution in [0.5, 0.6) is 0 Å². The van der Waals surface area contributed by atoms with Crippen LogP contribution in [0.4, 0.5) is 0 Å². The molecule has 0 aliphatic rings. The van der Waals surface area contributed by atoms with Crippen LogP contribution in [0.3, 0.4) is 0 Å². The van der Waals surface area contributed by atoms with Crippen molar-refractivity contribution >= 4 is 0 Å². The molecule has 0 aromatic heterocycles. The summed E-state index contributed by atoms with van der Waals surface area (Å²) in [5.41, 5.74) is 0. The smallest absolute Gasteiger partial charge is 0.280 e. The number of rotatable bonds is 9. The summed E-state index contributed by atoms with van der Waals surface area (Å²) in [5.74, 6) is -1.36. The van der Waals surface area contributed by atoms with Crippen LogP contribution in [0.15, 0.2) is 0 Å². The second-order valence-electron chi connectivity index (χ2n) is 3.47. The number of hydrogen-bond donors (Lipinski definition) is 1. The lowest BCUT2D eigenvalue weighted by Gasteiger charge is -2.26. The van der Waals surface area contributed by atoms with Crippen LogP contribution in [-0.2, 0) is 9.47 Å². The van der Waals surface area contributed by atoms with E-state index in [1.54, 1.807) is 0 Å². The highest BCUT2D eigenvalue weighted by Crippen LogP contribution is 2.15. The number of aliphatic hydroxyl groups is 1. The van der Waals surface area contributed by atoms with Crippen LogP contribution >= 0.6 is 0 Å². The van der Waals surface area contributed by atoms with Crippen LogP contribution in [0, 0.1) is 0 Å². The number of unbranched alkanes of at least 4 members (excludes halogenated alkanes) is 2. The van der Waals surface area contributed by atoms with Crippen molar-refractivity contribution < 1.29 is 14.6 Å². The largest absolute Gasteiger partial charge is 0.343 e. The van der Waals surface area contributed by atoms with Crippen molar-refractivity contribution in [1.29, 1.82) is 0 Å². The first-order chi connectivity index (χ1) is 6.68. The molecule has 0 fully saturated rings. The number of hydrogen-bond acceptors (Lipinski definition) is 3. The Bertz CT molecular complexity index is 116. The van der Waals surface area contributed by atoms with E-state index in [-0.39, 0.29) is 0 Å². The Morgan fingerprint density at radius 1 is 0.929 bits per heavy atom. The second kappa shape index (κ2) is 8.21. The van der Waals surface area contributed by atoms with E-state index >= 15 is 0 Å². The first-order valence-corrected chi connectivity index (χ1v) is 5.68. The van der Waals surface area contributed by atoms with Crippen molar-refractivity contribution in [3.8, 4) is 0 Å². The van der Waals surface area contributed by atoms with Gasteiger partial charge in [-0.1, -0.05) is 33.6 Å². The summed E-state index contributed by atoms with van der Waals surface area (Å²) in [7, 11) is 0. The Kier molecular flexibility index (Phi) is 8.14. The van der Waals surface area contributed by atoms with Gasteiger partial charge in [0, 0.05) is 6.42 Å². The molecule has 0 aliphatic heterocycles. The molecule has 0 saturated carbocycles. The maximum Gasteiger partial charge on any atom is 0.280 e. The van der Waals surface area contributed by atoms with E-state index in [0.29, 0.717) is 19.6 Å². The maximum absolute atomic E-state index is 9.83. The van der Waals surface area contributed by atoms with Crippen molar-refractivity contribution in [3.63, 3.8) is 0 Å². The zero-order valence-electron chi connectivity index (χ0n) is 9.71. The first-order valence-electron chi connectivity index (χ1n) is 5.68. The fourth-order valence-electron chi connectivity index (χ4n) is 0.998. The lowest BCUT2D eigenvalue weighted by atomic mass is 10.3. The van der Waals surface area contributed by atoms with Gasteiger partial charge in [-0.15, -0.1) is 0 Å². The predicted octanol–water partition coefficient (Wildman–Crippen LogP) is 2.68. The molecule has 14 heavy (non-hydrogen) atoms. The lowest BCUT2D eigenvalue weighted by Crippen LogP contribution is -2.35. The molecule has 0 spiro atoms. The van der Waals surface area contributed by atoms with Crippen LogP contribution < -0.4 is 0 Å². The highest BCUT2D eigenvalue weighted by molar-refractivity contribution is 4.51. The van der Waals surface area contributed by atoms with Gasteiger partial charge in [0.1, 0.15) is 0 Å². The highest BCUT2D eigenvalue weighted by Gasteiger charge is 2.25. The summed E-state index contributed by atoms with van der Waals surface area (Å²) >= 11 is 0. The Morgan fingerprint density at radius 3 is 1.64 bits per heavy atom. The fraction of sp³-hybridized carbons (Fsp3) is 1.00. The second-order valence-corrected chi connectivity index (χ2v) is 3.47. The lowest BCUT2D eigenvalue weighted by molar-refractivity contribution is -0.361. The van der Waals surface area contributed by atoms with Crippen molar-refractivity contribution in [2.75, 3.05) is 13.2 Å². The Morgan fingerprint density at radius 2 is 1.36 bits per heavy atom. The molecule has 0 aromatic rings. The molecule has 1 N–H and O–H groups in total. The zero-order valence-corrected chi connectivity index (χ0v) is 9.71. The summed E-state index contributed by atoms with van der Waals surface area (Å²) < 4.78 is 10.6. The maximum atomic E-state index is 9.83. The molecule has 0 aliphatic carbocycles. The third kappa shape index (κ3) is 6.35. The quantitative estimate of drug-likeness (QED) is 0.463. The molecule has 0 heterocycles. The first kappa shape index (κ1) is 13.9. The third-order valence-electron chi connectivity index (χ3n) is 2.10. The molecule has 86 valence electrons. The SMILES string of the molecule is CCCCOC(O)(CC)OCCCC. The number of ether oxygens (including phenoxy) is 2. The highest BCUT2D eigenvalue weighted by atomic mass is 16.8. The summed E-state index contributed by atoms with van der Waals surface area (Å²) in [6.45, 7) is 7.16. The minimum absolute atomic E-state index is 0.473. The summed E-state index contributed by atoms with van der Waals surface area (Å²) in [5, 5.41) is 9.83. The molecule has 0 rings (SSSR count). The standard InChI is InChI=1S/C11H24O3/c1-4-7-9-13-11(12,6-3)14-10-8-5-2/h12H,4-10H2,1-3H3. The molecule has 0 radical (unpaired) electrons. The molecular weight excluding hydrogens is 180 g/mol. The molecule has 0 saturated heterocycles. The van der Waals surface area contributed by atoms with Crippen LogP contribution in [0.2, 0.25) is 0 Å². The van der Waals surface area contributed by atoms with Crippen molar-refractivity contribution in [2.24, 2.45) is 0 Å². The van der Waals surface area contributed by atoms with Crippen molar-refractivity contribution in [3.05, 3.63) is 0 Å². The zero-order chi connectivity index (χ0) is 10.9. The van der Waals surface area contributed by atoms with E-state index in [0.717, 1.165) is 25.7 Å². The summed E-state index contributed by atoms with van der Waals surface area (Å²) in [6.07, 6.45) is 4.52. The molecule has 0 aromatic carbocycles. The molecule has 0 bridgehead atoms. The van der Waals surface area contributed by atoms with E-state index < -0.39 is 5.97 Å². The van der Waals surface area contributed by atoms with Gasteiger partial charge in [0.25, 0.3) is 5.97 Å². The summed E-state index contributed by atoms with van der Waals surface area (Å²) in [4.78, 5) is 0. The third-order valence-corrected chi connectivity index (χ3v) is 2.10.